The minimum atomic E-state index is -4.03. The molecule has 33 heavy (non-hydrogen) atoms. The molecule has 0 bridgehead atoms. The molecule has 0 saturated carbocycles. The lowest BCUT2D eigenvalue weighted by Gasteiger charge is -2.30. The molecule has 2 aromatic rings. The van der Waals surface area contributed by atoms with Gasteiger partial charge in [0.1, 0.15) is 10.5 Å². The number of ether oxygens (including phenoxy) is 1. The van der Waals surface area contributed by atoms with Crippen molar-refractivity contribution in [2.24, 2.45) is 0 Å². The van der Waals surface area contributed by atoms with Crippen LogP contribution >= 0.6 is 0 Å². The van der Waals surface area contributed by atoms with Crippen LogP contribution in [0.4, 0.5) is 0 Å². The van der Waals surface area contributed by atoms with E-state index in [1.54, 1.807) is 6.92 Å². The first kappa shape index (κ1) is 27.1. The van der Waals surface area contributed by atoms with Crippen LogP contribution < -0.4 is 0 Å². The minimum Gasteiger partial charge on any atom is -0.455 e. The van der Waals surface area contributed by atoms with Gasteiger partial charge in [0.25, 0.3) is 10.1 Å². The van der Waals surface area contributed by atoms with E-state index in [-0.39, 0.29) is 35.7 Å². The van der Waals surface area contributed by atoms with Crippen LogP contribution in [0.15, 0.2) is 47.4 Å². The Morgan fingerprint density at radius 3 is 1.85 bits per heavy atom. The normalized spacial score (nSPS) is 14.0. The van der Waals surface area contributed by atoms with Gasteiger partial charge in [-0.2, -0.15) is 8.42 Å². The van der Waals surface area contributed by atoms with Crippen molar-refractivity contribution in [3.05, 3.63) is 64.7 Å². The van der Waals surface area contributed by atoms with Crippen molar-refractivity contribution in [2.75, 3.05) is 6.61 Å². The van der Waals surface area contributed by atoms with Crippen LogP contribution in [0, 0.1) is 0 Å². The number of benzene rings is 2. The molecule has 2 aromatic carbocycles. The monoisotopic (exact) mass is 474 g/mol. The highest BCUT2D eigenvalue weighted by Gasteiger charge is 2.32. The Labute approximate surface area is 199 Å². The Hall–Kier alpha value is -2.18. The van der Waals surface area contributed by atoms with Crippen molar-refractivity contribution in [3.8, 4) is 0 Å². The zero-order valence-electron chi connectivity index (χ0n) is 21.1. The van der Waals surface area contributed by atoms with Crippen molar-refractivity contribution in [1.82, 2.24) is 0 Å². The lowest BCUT2D eigenvalue weighted by Crippen LogP contribution is -2.30. The summed E-state index contributed by atoms with van der Waals surface area (Å²) in [7, 11) is -4.03. The summed E-state index contributed by atoms with van der Waals surface area (Å²) in [5.74, 6) is -0.110. The van der Waals surface area contributed by atoms with Crippen LogP contribution in [-0.2, 0) is 29.4 Å². The van der Waals surface area contributed by atoms with Crippen LogP contribution in [0.2, 0.25) is 0 Å². The molecule has 2 rings (SSSR count). The topological polar surface area (TPSA) is 69.7 Å². The molecule has 0 aliphatic heterocycles. The second-order valence-corrected chi connectivity index (χ2v) is 11.3. The zero-order chi connectivity index (χ0) is 25.0. The van der Waals surface area contributed by atoms with E-state index in [0.29, 0.717) is 0 Å². The zero-order valence-corrected chi connectivity index (χ0v) is 22.0. The van der Waals surface area contributed by atoms with Crippen LogP contribution in [0.5, 0.6) is 0 Å². The van der Waals surface area contributed by atoms with Gasteiger partial charge in [0.05, 0.1) is 6.61 Å². The van der Waals surface area contributed by atoms with Gasteiger partial charge in [0.15, 0.2) is 0 Å². The molecule has 6 heteroatoms. The summed E-state index contributed by atoms with van der Waals surface area (Å²) in [5, 5.41) is 0. The van der Waals surface area contributed by atoms with Crippen molar-refractivity contribution < 1.29 is 22.1 Å². The van der Waals surface area contributed by atoms with E-state index in [2.05, 4.69) is 13.8 Å². The average Bonchev–Trinajstić information content (AvgIpc) is 2.72. The van der Waals surface area contributed by atoms with E-state index in [1.165, 1.54) is 6.92 Å². The van der Waals surface area contributed by atoms with Crippen LogP contribution in [-0.4, -0.2) is 21.0 Å². The maximum Gasteiger partial charge on any atom is 0.303 e. The first-order valence-corrected chi connectivity index (χ1v) is 13.0. The van der Waals surface area contributed by atoms with E-state index in [9.17, 15) is 13.2 Å². The molecule has 0 radical (unpaired) electrons. The lowest BCUT2D eigenvalue weighted by atomic mass is 9.89. The summed E-state index contributed by atoms with van der Waals surface area (Å²) in [6, 6.07) is 13.3. The first-order valence-electron chi connectivity index (χ1n) is 11.6. The Balaban J connectivity index is 2.41. The molecule has 0 aromatic heterocycles. The van der Waals surface area contributed by atoms with Gasteiger partial charge < -0.3 is 4.74 Å². The molecular weight excluding hydrogens is 436 g/mol. The third-order valence-corrected chi connectivity index (χ3v) is 7.35. The van der Waals surface area contributed by atoms with E-state index in [4.69, 9.17) is 8.92 Å². The highest BCUT2D eigenvalue weighted by Crippen LogP contribution is 2.36. The summed E-state index contributed by atoms with van der Waals surface area (Å²) < 4.78 is 38.1. The van der Waals surface area contributed by atoms with E-state index >= 15 is 0 Å². The largest absolute Gasteiger partial charge is 0.455 e. The SMILES string of the molecule is CC(=O)OC(C)(CCOS(=O)(=O)c1c(C(C)C)cc(C(C)C)cc1C(C)C)c1ccccc1. The van der Waals surface area contributed by atoms with Gasteiger partial charge in [0.2, 0.25) is 0 Å². The molecule has 1 atom stereocenters. The van der Waals surface area contributed by atoms with E-state index in [1.807, 2.05) is 70.2 Å². The minimum absolute atomic E-state index is 0.0187. The van der Waals surface area contributed by atoms with Gasteiger partial charge in [0, 0.05) is 13.3 Å². The fraction of sp³-hybridized carbons (Fsp3) is 0.519. The van der Waals surface area contributed by atoms with E-state index < -0.39 is 21.7 Å². The lowest BCUT2D eigenvalue weighted by molar-refractivity contribution is -0.157. The Kier molecular flexibility index (Phi) is 8.88. The number of esters is 1. The molecular formula is C27H38O5S. The maximum atomic E-state index is 13.5. The quantitative estimate of drug-likeness (QED) is 0.285. The number of rotatable bonds is 10. The molecule has 0 spiro atoms. The summed E-state index contributed by atoms with van der Waals surface area (Å²) in [5.41, 5.74) is 2.46. The Morgan fingerprint density at radius 1 is 0.909 bits per heavy atom. The fourth-order valence-corrected chi connectivity index (χ4v) is 5.53. The molecule has 0 N–H and O–H groups in total. The van der Waals surface area contributed by atoms with Crippen molar-refractivity contribution in [2.45, 2.75) is 90.1 Å². The number of hydrogen-bond acceptors (Lipinski definition) is 5. The number of hydrogen-bond donors (Lipinski definition) is 0. The molecule has 0 aliphatic carbocycles. The molecule has 0 amide bonds. The van der Waals surface area contributed by atoms with Crippen molar-refractivity contribution in [3.63, 3.8) is 0 Å². The van der Waals surface area contributed by atoms with E-state index in [0.717, 1.165) is 22.3 Å². The fourth-order valence-electron chi connectivity index (χ4n) is 3.95. The van der Waals surface area contributed by atoms with Crippen LogP contribution in [0.25, 0.3) is 0 Å². The van der Waals surface area contributed by atoms with Gasteiger partial charge >= 0.3 is 5.97 Å². The van der Waals surface area contributed by atoms with Crippen LogP contribution in [0.3, 0.4) is 0 Å². The smallest absolute Gasteiger partial charge is 0.303 e. The maximum absolute atomic E-state index is 13.5. The van der Waals surface area contributed by atoms with Gasteiger partial charge in [-0.3, -0.25) is 8.98 Å². The summed E-state index contributed by atoms with van der Waals surface area (Å²) in [6.45, 7) is 15.2. The first-order chi connectivity index (χ1) is 15.3. The summed E-state index contributed by atoms with van der Waals surface area (Å²) in [4.78, 5) is 12.0. The molecule has 0 heterocycles. The molecule has 0 saturated heterocycles. The predicted molar refractivity (Wildman–Crippen MR) is 132 cm³/mol. The Morgan fingerprint density at radius 2 is 1.42 bits per heavy atom. The molecule has 0 aliphatic rings. The number of carbonyl (C=O) groups excluding carboxylic acids is 1. The van der Waals surface area contributed by atoms with Gasteiger partial charge in [-0.25, -0.2) is 0 Å². The highest BCUT2D eigenvalue weighted by atomic mass is 32.2. The van der Waals surface area contributed by atoms with Crippen molar-refractivity contribution >= 4 is 16.1 Å². The molecule has 1 unspecified atom stereocenters. The molecule has 0 fully saturated rings. The predicted octanol–water partition coefficient (Wildman–Crippen LogP) is 6.63. The summed E-state index contributed by atoms with van der Waals surface area (Å²) >= 11 is 0. The molecule has 182 valence electrons. The highest BCUT2D eigenvalue weighted by molar-refractivity contribution is 7.86. The van der Waals surface area contributed by atoms with Gasteiger partial charge in [-0.05, 0) is 46.9 Å². The number of carbonyl (C=O) groups is 1. The van der Waals surface area contributed by atoms with Crippen molar-refractivity contribution in [1.29, 1.82) is 0 Å². The third kappa shape index (κ3) is 6.67. The average molecular weight is 475 g/mol. The second-order valence-electron chi connectivity index (χ2n) is 9.71. The third-order valence-electron chi connectivity index (χ3n) is 5.90. The van der Waals surface area contributed by atoms with Gasteiger partial charge in [-0.1, -0.05) is 84.0 Å². The molecule has 5 nitrogen and oxygen atoms in total. The van der Waals surface area contributed by atoms with Gasteiger partial charge in [-0.15, -0.1) is 0 Å². The van der Waals surface area contributed by atoms with Crippen LogP contribution in [0.1, 0.15) is 102 Å². The summed E-state index contributed by atoms with van der Waals surface area (Å²) in [6.07, 6.45) is 0.202. The second kappa shape index (κ2) is 10.8. The standard InChI is InChI=1S/C27H38O5S/c1-18(2)22-16-24(19(3)4)26(25(17-22)20(5)6)33(29,30)31-15-14-27(8,32-21(7)28)23-12-10-9-11-13-23/h9-13,16-20H,14-15H2,1-8H3. The Bertz CT molecular complexity index is 1030.